The van der Waals surface area contributed by atoms with Gasteiger partial charge in [0, 0.05) is 30.3 Å². The van der Waals surface area contributed by atoms with Crippen LogP contribution in [0.3, 0.4) is 0 Å². The normalized spacial score (nSPS) is 11.8. The molecule has 102 valence electrons. The molecule has 0 amide bonds. The highest BCUT2D eigenvalue weighted by Crippen LogP contribution is 2.08. The molecule has 0 fully saturated rings. The Kier molecular flexibility index (Phi) is 4.00. The molecule has 19 heavy (non-hydrogen) atoms. The van der Waals surface area contributed by atoms with E-state index >= 15 is 0 Å². The van der Waals surface area contributed by atoms with E-state index in [0.717, 1.165) is 18.9 Å². The van der Waals surface area contributed by atoms with Gasteiger partial charge < -0.3 is 9.88 Å². The average Bonchev–Trinajstić information content (AvgIpc) is 2.73. The van der Waals surface area contributed by atoms with Gasteiger partial charge in [-0.05, 0) is 38.8 Å². The third-order valence-corrected chi connectivity index (χ3v) is 2.86. The number of imidazole rings is 1. The topological polar surface area (TPSA) is 42.7 Å². The molecule has 0 saturated carbocycles. The number of pyridine rings is 1. The molecule has 1 N–H and O–H groups in total. The van der Waals surface area contributed by atoms with Gasteiger partial charge in [-0.25, -0.2) is 4.98 Å². The molecule has 0 atom stereocenters. The minimum atomic E-state index is 0.0989. The number of aryl methyl sites for hydroxylation is 1. The highest BCUT2D eigenvalue weighted by Gasteiger charge is 2.11. The van der Waals surface area contributed by atoms with Gasteiger partial charge in [0.25, 0.3) is 0 Å². The zero-order valence-corrected chi connectivity index (χ0v) is 12.1. The fraction of sp³-hybridized carbons (Fsp3) is 0.467. The molecule has 0 radical (unpaired) electrons. The van der Waals surface area contributed by atoms with Crippen molar-refractivity contribution >= 4 is 0 Å². The first-order valence-corrected chi connectivity index (χ1v) is 6.59. The maximum atomic E-state index is 4.42. The van der Waals surface area contributed by atoms with Crippen molar-refractivity contribution in [2.75, 3.05) is 0 Å². The molecule has 0 unspecified atom stereocenters. The predicted octanol–water partition coefficient (Wildman–Crippen LogP) is 2.52. The molecule has 0 aliphatic rings. The van der Waals surface area contributed by atoms with E-state index in [1.807, 2.05) is 24.8 Å². The lowest BCUT2D eigenvalue weighted by molar-refractivity contribution is 0.413. The van der Waals surface area contributed by atoms with Crippen molar-refractivity contribution in [2.24, 2.45) is 0 Å². The van der Waals surface area contributed by atoms with E-state index in [4.69, 9.17) is 0 Å². The monoisotopic (exact) mass is 258 g/mol. The molecular weight excluding hydrogens is 236 g/mol. The molecule has 0 spiro atoms. The maximum Gasteiger partial charge on any atom is 0.122 e. The number of nitrogens with zero attached hydrogens (tertiary/aromatic N) is 3. The van der Waals surface area contributed by atoms with Crippen LogP contribution >= 0.6 is 0 Å². The van der Waals surface area contributed by atoms with Crippen LogP contribution in [0.1, 0.15) is 37.7 Å². The van der Waals surface area contributed by atoms with Gasteiger partial charge in [0.1, 0.15) is 5.82 Å². The molecule has 2 aromatic rings. The number of rotatable bonds is 4. The zero-order chi connectivity index (χ0) is 13.9. The summed E-state index contributed by atoms with van der Waals surface area (Å²) in [5, 5.41) is 3.46. The second-order valence-corrected chi connectivity index (χ2v) is 5.95. The molecule has 4 heteroatoms. The molecule has 2 aromatic heterocycles. The molecule has 0 bridgehead atoms. The SMILES string of the molecule is Cc1cncc(Cn2ccnc2CNC(C)(C)C)c1. The number of nitrogens with one attached hydrogen (secondary N) is 1. The molecule has 2 rings (SSSR count). The van der Waals surface area contributed by atoms with E-state index in [1.54, 1.807) is 0 Å². The lowest BCUT2D eigenvalue weighted by atomic mass is 10.1. The fourth-order valence-corrected chi connectivity index (χ4v) is 1.90. The summed E-state index contributed by atoms with van der Waals surface area (Å²) in [6.45, 7) is 10.1. The maximum absolute atomic E-state index is 4.42. The van der Waals surface area contributed by atoms with E-state index in [-0.39, 0.29) is 5.54 Å². The molecule has 0 aromatic carbocycles. The van der Waals surface area contributed by atoms with Gasteiger partial charge in [0.15, 0.2) is 0 Å². The lowest BCUT2D eigenvalue weighted by Crippen LogP contribution is -2.36. The van der Waals surface area contributed by atoms with Crippen molar-refractivity contribution < 1.29 is 0 Å². The van der Waals surface area contributed by atoms with E-state index in [0.29, 0.717) is 0 Å². The predicted molar refractivity (Wildman–Crippen MR) is 76.9 cm³/mol. The van der Waals surface area contributed by atoms with Crippen LogP contribution in [0.4, 0.5) is 0 Å². The van der Waals surface area contributed by atoms with Gasteiger partial charge in [0.2, 0.25) is 0 Å². The van der Waals surface area contributed by atoms with Crippen LogP contribution in [-0.2, 0) is 13.1 Å². The zero-order valence-electron chi connectivity index (χ0n) is 12.1. The Morgan fingerprint density at radius 2 is 2.05 bits per heavy atom. The van der Waals surface area contributed by atoms with Gasteiger partial charge in [-0.1, -0.05) is 6.07 Å². The van der Waals surface area contributed by atoms with Crippen molar-refractivity contribution in [3.63, 3.8) is 0 Å². The Bertz CT molecular complexity index is 537. The smallest absolute Gasteiger partial charge is 0.122 e. The Labute approximate surface area is 114 Å². The average molecular weight is 258 g/mol. The standard InChI is InChI=1S/C15H22N4/c1-12-7-13(9-16-8-12)11-19-6-5-17-14(19)10-18-15(2,3)4/h5-9,18H,10-11H2,1-4H3. The van der Waals surface area contributed by atoms with Gasteiger partial charge in [0.05, 0.1) is 13.1 Å². The molecule has 0 saturated heterocycles. The second kappa shape index (κ2) is 5.53. The van der Waals surface area contributed by atoms with E-state index in [1.165, 1.54) is 11.1 Å². The minimum absolute atomic E-state index is 0.0989. The minimum Gasteiger partial charge on any atom is -0.329 e. The van der Waals surface area contributed by atoms with Crippen LogP contribution in [0, 0.1) is 6.92 Å². The Morgan fingerprint density at radius 1 is 1.26 bits per heavy atom. The quantitative estimate of drug-likeness (QED) is 0.916. The van der Waals surface area contributed by atoms with Gasteiger partial charge in [-0.15, -0.1) is 0 Å². The van der Waals surface area contributed by atoms with Crippen molar-refractivity contribution in [1.29, 1.82) is 0 Å². The third-order valence-electron chi connectivity index (χ3n) is 2.86. The van der Waals surface area contributed by atoms with Crippen molar-refractivity contribution in [3.8, 4) is 0 Å². The summed E-state index contributed by atoms with van der Waals surface area (Å²) in [5.41, 5.74) is 2.49. The third kappa shape index (κ3) is 4.17. The molecule has 0 aliphatic heterocycles. The van der Waals surface area contributed by atoms with Crippen LogP contribution in [-0.4, -0.2) is 20.1 Å². The largest absolute Gasteiger partial charge is 0.329 e. The van der Waals surface area contributed by atoms with Gasteiger partial charge in [-0.3, -0.25) is 4.98 Å². The second-order valence-electron chi connectivity index (χ2n) is 5.95. The first-order chi connectivity index (χ1) is 8.94. The highest BCUT2D eigenvalue weighted by atomic mass is 15.1. The van der Waals surface area contributed by atoms with Gasteiger partial charge >= 0.3 is 0 Å². The van der Waals surface area contributed by atoms with Crippen LogP contribution in [0.2, 0.25) is 0 Å². The van der Waals surface area contributed by atoms with Crippen LogP contribution < -0.4 is 5.32 Å². The molecular formula is C15H22N4. The van der Waals surface area contributed by atoms with Crippen molar-refractivity contribution in [3.05, 3.63) is 47.8 Å². The number of hydrogen-bond acceptors (Lipinski definition) is 3. The Morgan fingerprint density at radius 3 is 2.74 bits per heavy atom. The summed E-state index contributed by atoms with van der Waals surface area (Å²) < 4.78 is 2.16. The summed E-state index contributed by atoms with van der Waals surface area (Å²) in [6.07, 6.45) is 7.65. The molecule has 0 aliphatic carbocycles. The lowest BCUT2D eigenvalue weighted by Gasteiger charge is -2.20. The van der Waals surface area contributed by atoms with Crippen LogP contribution in [0.5, 0.6) is 0 Å². The summed E-state index contributed by atoms with van der Waals surface area (Å²) in [6, 6.07) is 2.16. The first kappa shape index (κ1) is 13.7. The van der Waals surface area contributed by atoms with Crippen LogP contribution in [0.25, 0.3) is 0 Å². The fourth-order valence-electron chi connectivity index (χ4n) is 1.90. The number of aromatic nitrogens is 3. The Balaban J connectivity index is 2.07. The summed E-state index contributed by atoms with van der Waals surface area (Å²) in [5.74, 6) is 1.05. The highest BCUT2D eigenvalue weighted by molar-refractivity contribution is 5.17. The summed E-state index contributed by atoms with van der Waals surface area (Å²) >= 11 is 0. The number of hydrogen-bond donors (Lipinski definition) is 1. The molecule has 2 heterocycles. The van der Waals surface area contributed by atoms with Gasteiger partial charge in [-0.2, -0.15) is 0 Å². The Hall–Kier alpha value is -1.68. The van der Waals surface area contributed by atoms with E-state index in [9.17, 15) is 0 Å². The first-order valence-electron chi connectivity index (χ1n) is 6.59. The van der Waals surface area contributed by atoms with E-state index in [2.05, 4.69) is 53.6 Å². The van der Waals surface area contributed by atoms with E-state index < -0.39 is 0 Å². The molecule has 4 nitrogen and oxygen atoms in total. The van der Waals surface area contributed by atoms with Crippen molar-refractivity contribution in [1.82, 2.24) is 19.9 Å². The van der Waals surface area contributed by atoms with Crippen molar-refractivity contribution in [2.45, 2.75) is 46.3 Å². The summed E-state index contributed by atoms with van der Waals surface area (Å²) in [4.78, 5) is 8.65. The summed E-state index contributed by atoms with van der Waals surface area (Å²) in [7, 11) is 0. The van der Waals surface area contributed by atoms with Crippen LogP contribution in [0.15, 0.2) is 30.9 Å².